The van der Waals surface area contributed by atoms with Crippen molar-refractivity contribution in [2.45, 2.75) is 26.8 Å². The number of nitrogens with zero attached hydrogens (tertiary/aromatic N) is 3. The molecule has 4 rings (SSSR count). The van der Waals surface area contributed by atoms with Gasteiger partial charge in [0.15, 0.2) is 0 Å². The highest BCUT2D eigenvalue weighted by Crippen LogP contribution is 2.24. The second-order valence-corrected chi connectivity index (χ2v) is 6.95. The van der Waals surface area contributed by atoms with E-state index in [9.17, 15) is 4.79 Å². The van der Waals surface area contributed by atoms with E-state index in [1.165, 1.54) is 0 Å². The fourth-order valence-corrected chi connectivity index (χ4v) is 3.26. The smallest absolute Gasteiger partial charge is 0.263 e. The van der Waals surface area contributed by atoms with Gasteiger partial charge in [0, 0.05) is 28.7 Å². The molecule has 0 radical (unpaired) electrons. The second-order valence-electron chi connectivity index (χ2n) is 6.52. The Morgan fingerprint density at radius 2 is 1.93 bits per heavy atom. The van der Waals surface area contributed by atoms with Gasteiger partial charge in [0.25, 0.3) is 5.89 Å². The molecule has 136 valence electrons. The summed E-state index contributed by atoms with van der Waals surface area (Å²) in [4.78, 5) is 17.5. The average Bonchev–Trinajstić information content (AvgIpc) is 3.14. The maximum absolute atomic E-state index is 13.1. The van der Waals surface area contributed by atoms with Gasteiger partial charge in [-0.05, 0) is 49.7 Å². The minimum Gasteiger partial charge on any atom is -0.346 e. The van der Waals surface area contributed by atoms with Gasteiger partial charge >= 0.3 is 0 Å². The van der Waals surface area contributed by atoms with Crippen LogP contribution in [0, 0.1) is 6.92 Å². The van der Waals surface area contributed by atoms with Crippen LogP contribution in [0.3, 0.4) is 0 Å². The molecule has 0 aliphatic rings. The van der Waals surface area contributed by atoms with Crippen LogP contribution in [0.4, 0.5) is 0 Å². The third-order valence-electron chi connectivity index (χ3n) is 4.46. The number of pyridine rings is 1. The van der Waals surface area contributed by atoms with Gasteiger partial charge in [-0.1, -0.05) is 35.3 Å². The Labute approximate surface area is 161 Å². The van der Waals surface area contributed by atoms with E-state index in [0.717, 1.165) is 29.6 Å². The first-order valence-electron chi connectivity index (χ1n) is 8.80. The first kappa shape index (κ1) is 17.5. The van der Waals surface area contributed by atoms with Gasteiger partial charge in [0.05, 0.1) is 5.52 Å². The van der Waals surface area contributed by atoms with Crippen molar-refractivity contribution in [1.82, 2.24) is 14.7 Å². The maximum Gasteiger partial charge on any atom is 0.263 e. The van der Waals surface area contributed by atoms with Crippen LogP contribution in [0.1, 0.15) is 18.9 Å². The summed E-state index contributed by atoms with van der Waals surface area (Å²) in [5.41, 5.74) is 3.03. The van der Waals surface area contributed by atoms with E-state index >= 15 is 0 Å². The van der Waals surface area contributed by atoms with Crippen molar-refractivity contribution in [3.05, 3.63) is 69.5 Å². The predicted octanol–water partition coefficient (Wildman–Crippen LogP) is 5.09. The number of rotatable bonds is 4. The minimum atomic E-state index is -0.104. The van der Waals surface area contributed by atoms with Crippen molar-refractivity contribution < 1.29 is 4.52 Å². The molecular formula is C21H18ClN3O2. The lowest BCUT2D eigenvalue weighted by atomic mass is 10.1. The lowest BCUT2D eigenvalue weighted by Crippen LogP contribution is -2.12. The molecule has 0 saturated heterocycles. The monoisotopic (exact) mass is 379 g/mol. The molecule has 0 N–H and O–H groups in total. The molecule has 0 aliphatic heterocycles. The largest absolute Gasteiger partial charge is 0.346 e. The van der Waals surface area contributed by atoms with Crippen LogP contribution in [0.5, 0.6) is 0 Å². The number of fused-ring (bicyclic) bond motifs is 1. The first-order valence-corrected chi connectivity index (χ1v) is 9.18. The number of hydrogen-bond donors (Lipinski definition) is 0. The zero-order chi connectivity index (χ0) is 19.0. The van der Waals surface area contributed by atoms with E-state index in [4.69, 9.17) is 16.1 Å². The maximum atomic E-state index is 13.1. The summed E-state index contributed by atoms with van der Waals surface area (Å²) < 4.78 is 7.49. The normalized spacial score (nSPS) is 11.2. The van der Waals surface area contributed by atoms with Gasteiger partial charge in [-0.2, -0.15) is 4.98 Å². The Morgan fingerprint density at radius 3 is 2.67 bits per heavy atom. The zero-order valence-corrected chi connectivity index (χ0v) is 15.8. The van der Waals surface area contributed by atoms with E-state index in [1.54, 1.807) is 12.1 Å². The van der Waals surface area contributed by atoms with Crippen molar-refractivity contribution >= 4 is 22.5 Å². The van der Waals surface area contributed by atoms with Crippen molar-refractivity contribution in [1.29, 1.82) is 0 Å². The van der Waals surface area contributed by atoms with E-state index < -0.39 is 0 Å². The number of aryl methyl sites for hydroxylation is 2. The van der Waals surface area contributed by atoms with Gasteiger partial charge in [-0.3, -0.25) is 4.79 Å². The van der Waals surface area contributed by atoms with Gasteiger partial charge < -0.3 is 9.09 Å². The summed E-state index contributed by atoms with van der Waals surface area (Å²) in [5.74, 6) is 0.644. The Kier molecular flexibility index (Phi) is 4.54. The molecule has 0 spiro atoms. The number of benzene rings is 2. The van der Waals surface area contributed by atoms with E-state index in [1.807, 2.05) is 43.5 Å². The third-order valence-corrected chi connectivity index (χ3v) is 4.71. The fourth-order valence-electron chi connectivity index (χ4n) is 3.14. The number of hydrogen-bond acceptors (Lipinski definition) is 4. The topological polar surface area (TPSA) is 60.9 Å². The molecular weight excluding hydrogens is 362 g/mol. The quantitative estimate of drug-likeness (QED) is 0.495. The minimum absolute atomic E-state index is 0.104. The molecule has 2 aromatic carbocycles. The van der Waals surface area contributed by atoms with E-state index in [0.29, 0.717) is 21.8 Å². The standard InChI is InChI=1S/C21H18ClN3O2/c1-3-10-25-12-17(19(26)16-11-13(2)4-9-18(16)25)21-23-20(24-27-21)14-5-7-15(22)8-6-14/h4-9,11-12H,3,10H2,1-2H3. The molecule has 5 nitrogen and oxygen atoms in total. The van der Waals surface area contributed by atoms with Gasteiger partial charge in [0.2, 0.25) is 11.3 Å². The fraction of sp³-hybridized carbons (Fsp3) is 0.190. The molecule has 0 amide bonds. The van der Waals surface area contributed by atoms with Crippen molar-refractivity contribution in [2.75, 3.05) is 0 Å². The Morgan fingerprint density at radius 1 is 1.15 bits per heavy atom. The molecule has 0 bridgehead atoms. The lowest BCUT2D eigenvalue weighted by molar-refractivity contribution is 0.431. The molecule has 0 aliphatic carbocycles. The van der Waals surface area contributed by atoms with Crippen LogP contribution in [-0.2, 0) is 6.54 Å². The summed E-state index contributed by atoms with van der Waals surface area (Å²) in [6.45, 7) is 4.87. The summed E-state index contributed by atoms with van der Waals surface area (Å²) in [6.07, 6.45) is 2.76. The van der Waals surface area contributed by atoms with Crippen molar-refractivity contribution in [3.63, 3.8) is 0 Å². The predicted molar refractivity (Wildman–Crippen MR) is 107 cm³/mol. The molecule has 2 aromatic heterocycles. The first-order chi connectivity index (χ1) is 13.1. The molecule has 4 aromatic rings. The molecule has 0 saturated carbocycles. The molecule has 0 fully saturated rings. The van der Waals surface area contributed by atoms with E-state index in [2.05, 4.69) is 21.6 Å². The average molecular weight is 380 g/mol. The Hall–Kier alpha value is -2.92. The highest BCUT2D eigenvalue weighted by atomic mass is 35.5. The molecule has 27 heavy (non-hydrogen) atoms. The number of aromatic nitrogens is 3. The molecule has 0 atom stereocenters. The van der Waals surface area contributed by atoms with E-state index in [-0.39, 0.29) is 11.3 Å². The van der Waals surface area contributed by atoms with Crippen molar-refractivity contribution in [3.8, 4) is 22.8 Å². The summed E-state index contributed by atoms with van der Waals surface area (Å²) in [5, 5.41) is 5.32. The van der Waals surface area contributed by atoms with Gasteiger partial charge in [0.1, 0.15) is 5.56 Å². The molecule has 6 heteroatoms. The van der Waals surface area contributed by atoms with Crippen LogP contribution in [0.25, 0.3) is 33.7 Å². The highest BCUT2D eigenvalue weighted by Gasteiger charge is 2.17. The summed E-state index contributed by atoms with van der Waals surface area (Å²) in [6, 6.07) is 13.1. The summed E-state index contributed by atoms with van der Waals surface area (Å²) in [7, 11) is 0. The highest BCUT2D eigenvalue weighted by molar-refractivity contribution is 6.30. The SMILES string of the molecule is CCCn1cc(-c2nc(-c3ccc(Cl)cc3)no2)c(=O)c2cc(C)ccc21. The second kappa shape index (κ2) is 7.00. The van der Waals surface area contributed by atoms with Crippen LogP contribution in [-0.4, -0.2) is 14.7 Å². The van der Waals surface area contributed by atoms with Crippen LogP contribution < -0.4 is 5.43 Å². The lowest BCUT2D eigenvalue weighted by Gasteiger charge is -2.11. The number of halogens is 1. The van der Waals surface area contributed by atoms with Gasteiger partial charge in [-0.25, -0.2) is 0 Å². The Balaban J connectivity index is 1.87. The summed E-state index contributed by atoms with van der Waals surface area (Å²) >= 11 is 5.93. The molecule has 0 unspecified atom stereocenters. The zero-order valence-electron chi connectivity index (χ0n) is 15.1. The van der Waals surface area contributed by atoms with Crippen LogP contribution in [0.2, 0.25) is 5.02 Å². The third kappa shape index (κ3) is 3.26. The van der Waals surface area contributed by atoms with Crippen LogP contribution in [0.15, 0.2) is 58.0 Å². The van der Waals surface area contributed by atoms with Crippen molar-refractivity contribution in [2.24, 2.45) is 0 Å². The van der Waals surface area contributed by atoms with Gasteiger partial charge in [-0.15, -0.1) is 0 Å². The Bertz CT molecular complexity index is 1180. The van der Waals surface area contributed by atoms with Crippen LogP contribution >= 0.6 is 11.6 Å². The molecule has 2 heterocycles.